The average Bonchev–Trinajstić information content (AvgIpc) is 2.77. The molecule has 29 heavy (non-hydrogen) atoms. The van der Waals surface area contributed by atoms with Crippen molar-refractivity contribution in [3.8, 4) is 0 Å². The molecule has 2 fully saturated rings. The lowest BCUT2D eigenvalue weighted by atomic mass is 9.86. The lowest BCUT2D eigenvalue weighted by molar-refractivity contribution is -0.152. The molecule has 7 heteroatoms. The van der Waals surface area contributed by atoms with E-state index in [2.05, 4.69) is 5.32 Å². The molecule has 0 spiro atoms. The number of ether oxygens (including phenoxy) is 1. The molecule has 158 valence electrons. The number of anilines is 1. The lowest BCUT2D eigenvalue weighted by Crippen LogP contribution is -2.52. The Bertz CT molecular complexity index is 681. The Kier molecular flexibility index (Phi) is 7.90. The Labute approximate surface area is 172 Å². The summed E-state index contributed by atoms with van der Waals surface area (Å²) in [6.07, 6.45) is 7.48. The number of urea groups is 1. The second-order valence-corrected chi connectivity index (χ2v) is 7.87. The highest BCUT2D eigenvalue weighted by molar-refractivity contribution is 5.89. The summed E-state index contributed by atoms with van der Waals surface area (Å²) >= 11 is 0. The topological polar surface area (TPSA) is 79.0 Å². The summed E-state index contributed by atoms with van der Waals surface area (Å²) in [5.74, 6) is 0.144. The van der Waals surface area contributed by atoms with Crippen molar-refractivity contribution >= 4 is 23.6 Å². The summed E-state index contributed by atoms with van der Waals surface area (Å²) < 4.78 is 5.18. The number of nitrogens with one attached hydrogen (secondary N) is 1. The van der Waals surface area contributed by atoms with E-state index in [9.17, 15) is 14.4 Å². The van der Waals surface area contributed by atoms with Gasteiger partial charge in [0.15, 0.2) is 6.61 Å². The summed E-state index contributed by atoms with van der Waals surface area (Å²) in [6.45, 7) is 1.60. The number of hydrogen-bond acceptors (Lipinski definition) is 4. The maximum absolute atomic E-state index is 12.3. The number of carbonyl (C=O) groups is 3. The Morgan fingerprint density at radius 3 is 2.28 bits per heavy atom. The van der Waals surface area contributed by atoms with Gasteiger partial charge in [-0.05, 0) is 24.5 Å². The number of piperazine rings is 1. The maximum Gasteiger partial charge on any atom is 0.321 e. The second kappa shape index (κ2) is 10.8. The van der Waals surface area contributed by atoms with E-state index >= 15 is 0 Å². The zero-order chi connectivity index (χ0) is 20.5. The first-order chi connectivity index (χ1) is 14.1. The van der Waals surface area contributed by atoms with Gasteiger partial charge in [0.05, 0.1) is 0 Å². The van der Waals surface area contributed by atoms with E-state index in [-0.39, 0.29) is 24.5 Å². The van der Waals surface area contributed by atoms with E-state index in [1.165, 1.54) is 32.1 Å². The van der Waals surface area contributed by atoms with Crippen molar-refractivity contribution < 1.29 is 19.1 Å². The predicted octanol–water partition coefficient (Wildman–Crippen LogP) is 3.27. The molecule has 0 radical (unpaired) electrons. The predicted molar refractivity (Wildman–Crippen MR) is 110 cm³/mol. The molecule has 1 saturated carbocycles. The maximum atomic E-state index is 12.3. The largest absolute Gasteiger partial charge is 0.456 e. The van der Waals surface area contributed by atoms with Crippen LogP contribution in [0.1, 0.15) is 44.9 Å². The van der Waals surface area contributed by atoms with Gasteiger partial charge in [-0.2, -0.15) is 0 Å². The Balaban J connectivity index is 1.32. The molecular weight excluding hydrogens is 370 g/mol. The SMILES string of the molecule is O=C(CCC1CCCCC1)OCC(=O)N1CCN(C(=O)Nc2ccccc2)CC1. The molecule has 3 amide bonds. The third-order valence-corrected chi connectivity index (χ3v) is 5.78. The van der Waals surface area contributed by atoms with Gasteiger partial charge < -0.3 is 19.9 Å². The fraction of sp³-hybridized carbons (Fsp3) is 0.591. The van der Waals surface area contributed by atoms with Crippen LogP contribution in [-0.4, -0.2) is 60.5 Å². The fourth-order valence-electron chi connectivity index (χ4n) is 3.99. The van der Waals surface area contributed by atoms with Crippen LogP contribution in [0.2, 0.25) is 0 Å². The molecule has 1 aliphatic heterocycles. The van der Waals surface area contributed by atoms with Gasteiger partial charge >= 0.3 is 12.0 Å². The van der Waals surface area contributed by atoms with E-state index in [0.29, 0.717) is 38.5 Å². The molecule has 0 aromatic heterocycles. The minimum Gasteiger partial charge on any atom is -0.456 e. The highest BCUT2D eigenvalue weighted by Gasteiger charge is 2.25. The van der Waals surface area contributed by atoms with Crippen molar-refractivity contribution in [3.63, 3.8) is 0 Å². The first-order valence-corrected chi connectivity index (χ1v) is 10.7. The summed E-state index contributed by atoms with van der Waals surface area (Å²) in [4.78, 5) is 39.9. The van der Waals surface area contributed by atoms with Gasteiger partial charge in [0, 0.05) is 38.3 Å². The van der Waals surface area contributed by atoms with Crippen molar-refractivity contribution in [1.29, 1.82) is 0 Å². The molecule has 7 nitrogen and oxygen atoms in total. The molecule has 0 bridgehead atoms. The number of carbonyl (C=O) groups excluding carboxylic acids is 3. The minimum atomic E-state index is -0.287. The number of hydrogen-bond donors (Lipinski definition) is 1. The Hall–Kier alpha value is -2.57. The molecule has 0 unspecified atom stereocenters. The number of benzene rings is 1. The van der Waals surface area contributed by atoms with Crippen LogP contribution in [0.25, 0.3) is 0 Å². The molecule has 1 heterocycles. The molecule has 1 aromatic carbocycles. The summed E-state index contributed by atoms with van der Waals surface area (Å²) in [5, 5.41) is 2.85. The van der Waals surface area contributed by atoms with E-state index in [4.69, 9.17) is 4.74 Å². The number of esters is 1. The molecule has 1 N–H and O–H groups in total. The normalized spacial score (nSPS) is 17.7. The van der Waals surface area contributed by atoms with Gasteiger partial charge in [-0.3, -0.25) is 9.59 Å². The van der Waals surface area contributed by atoms with Crippen LogP contribution < -0.4 is 5.32 Å². The van der Waals surface area contributed by atoms with Crippen molar-refractivity contribution in [2.75, 3.05) is 38.1 Å². The quantitative estimate of drug-likeness (QED) is 0.742. The molecule has 1 aliphatic carbocycles. The van der Waals surface area contributed by atoms with E-state index in [0.717, 1.165) is 12.1 Å². The van der Waals surface area contributed by atoms with E-state index in [1.54, 1.807) is 9.80 Å². The second-order valence-electron chi connectivity index (χ2n) is 7.87. The van der Waals surface area contributed by atoms with E-state index in [1.807, 2.05) is 30.3 Å². The molecule has 1 aromatic rings. The number of para-hydroxylation sites is 1. The summed E-state index contributed by atoms with van der Waals surface area (Å²) in [5.41, 5.74) is 0.746. The molecule has 2 aliphatic rings. The Morgan fingerprint density at radius 1 is 0.931 bits per heavy atom. The standard InChI is InChI=1S/C22H31N3O4/c26-20(17-29-21(27)12-11-18-7-3-1-4-8-18)24-13-15-25(16-14-24)22(28)23-19-9-5-2-6-10-19/h2,5-6,9-10,18H,1,3-4,7-8,11-17H2,(H,23,28). The zero-order valence-electron chi connectivity index (χ0n) is 17.0. The van der Waals surface area contributed by atoms with Gasteiger partial charge in [-0.15, -0.1) is 0 Å². The average molecular weight is 402 g/mol. The van der Waals surface area contributed by atoms with Crippen molar-refractivity contribution in [1.82, 2.24) is 9.80 Å². The monoisotopic (exact) mass is 401 g/mol. The first kappa shape index (κ1) is 21.1. The fourth-order valence-corrected chi connectivity index (χ4v) is 3.99. The van der Waals surface area contributed by atoms with Gasteiger partial charge in [0.2, 0.25) is 0 Å². The van der Waals surface area contributed by atoms with Crippen molar-refractivity contribution in [2.24, 2.45) is 5.92 Å². The van der Waals surface area contributed by atoms with Gasteiger partial charge in [0.25, 0.3) is 5.91 Å². The highest BCUT2D eigenvalue weighted by atomic mass is 16.5. The Morgan fingerprint density at radius 2 is 1.59 bits per heavy atom. The van der Waals surface area contributed by atoms with Crippen LogP contribution in [0.5, 0.6) is 0 Å². The number of rotatable bonds is 6. The highest BCUT2D eigenvalue weighted by Crippen LogP contribution is 2.27. The molecular formula is C22H31N3O4. The smallest absolute Gasteiger partial charge is 0.321 e. The van der Waals surface area contributed by atoms with Crippen LogP contribution in [0, 0.1) is 5.92 Å². The first-order valence-electron chi connectivity index (χ1n) is 10.7. The zero-order valence-corrected chi connectivity index (χ0v) is 17.0. The third kappa shape index (κ3) is 6.76. The van der Waals surface area contributed by atoms with E-state index < -0.39 is 0 Å². The number of nitrogens with zero attached hydrogens (tertiary/aromatic N) is 2. The molecule has 3 rings (SSSR count). The minimum absolute atomic E-state index is 0.169. The summed E-state index contributed by atoms with van der Waals surface area (Å²) in [7, 11) is 0. The molecule has 0 atom stereocenters. The van der Waals surface area contributed by atoms with Crippen molar-refractivity contribution in [2.45, 2.75) is 44.9 Å². The van der Waals surface area contributed by atoms with Gasteiger partial charge in [0.1, 0.15) is 0 Å². The number of amides is 3. The van der Waals surface area contributed by atoms with Crippen molar-refractivity contribution in [3.05, 3.63) is 30.3 Å². The van der Waals surface area contributed by atoms with Crippen LogP contribution in [0.15, 0.2) is 30.3 Å². The van der Waals surface area contributed by atoms with Crippen LogP contribution in [0.4, 0.5) is 10.5 Å². The molecule has 1 saturated heterocycles. The van der Waals surface area contributed by atoms with Crippen LogP contribution in [-0.2, 0) is 14.3 Å². The summed E-state index contributed by atoms with van der Waals surface area (Å²) in [6, 6.07) is 9.12. The third-order valence-electron chi connectivity index (χ3n) is 5.78. The van der Waals surface area contributed by atoms with Gasteiger partial charge in [-0.1, -0.05) is 50.3 Å². The van der Waals surface area contributed by atoms with Crippen LogP contribution in [0.3, 0.4) is 0 Å². The lowest BCUT2D eigenvalue weighted by Gasteiger charge is -2.34. The van der Waals surface area contributed by atoms with Crippen LogP contribution >= 0.6 is 0 Å². The van der Waals surface area contributed by atoms with Gasteiger partial charge in [-0.25, -0.2) is 4.79 Å².